The van der Waals surface area contributed by atoms with Gasteiger partial charge in [0.2, 0.25) is 5.91 Å². The van der Waals surface area contributed by atoms with Crippen molar-refractivity contribution < 1.29 is 9.59 Å². The number of hydrazine groups is 1. The highest BCUT2D eigenvalue weighted by atomic mass is 32.1. The molecule has 0 aromatic carbocycles. The minimum Gasteiger partial charge on any atom is -0.273 e. The molecule has 0 aliphatic heterocycles. The first-order chi connectivity index (χ1) is 11.6. The number of amides is 2. The van der Waals surface area contributed by atoms with E-state index in [1.807, 2.05) is 6.92 Å². The molecule has 4 aliphatic rings. The number of carbonyl (C=O) groups is 2. The molecule has 4 aliphatic carbocycles. The molecule has 0 atom stereocenters. The molecule has 0 saturated heterocycles. The largest absolute Gasteiger partial charge is 0.283 e. The lowest BCUT2D eigenvalue weighted by atomic mass is 9.49. The molecule has 0 spiro atoms. The van der Waals surface area contributed by atoms with Crippen molar-refractivity contribution in [2.24, 2.45) is 23.2 Å². The average molecular weight is 348 g/mol. The third-order valence-corrected chi connectivity index (χ3v) is 6.88. The van der Waals surface area contributed by atoms with Crippen LogP contribution in [0.15, 0.2) is 0 Å². The van der Waals surface area contributed by atoms with Crippen molar-refractivity contribution in [2.45, 2.75) is 58.3 Å². The van der Waals surface area contributed by atoms with Gasteiger partial charge in [-0.15, -0.1) is 5.10 Å². The molecule has 24 heavy (non-hydrogen) atoms. The smallest absolute Gasteiger partial charge is 0.273 e. The van der Waals surface area contributed by atoms with E-state index in [1.165, 1.54) is 38.5 Å². The minimum absolute atomic E-state index is 0.0687. The van der Waals surface area contributed by atoms with E-state index < -0.39 is 0 Å². The second kappa shape index (κ2) is 6.10. The summed E-state index contributed by atoms with van der Waals surface area (Å²) >= 11 is 1.06. The van der Waals surface area contributed by atoms with Gasteiger partial charge < -0.3 is 0 Å². The first-order valence-corrected chi connectivity index (χ1v) is 9.74. The second-order valence-corrected chi connectivity index (χ2v) is 8.75. The Morgan fingerprint density at radius 3 is 2.33 bits per heavy atom. The summed E-state index contributed by atoms with van der Waals surface area (Å²) in [5.74, 6) is 2.10. The van der Waals surface area contributed by atoms with Gasteiger partial charge in [-0.25, -0.2) is 0 Å². The Balaban J connectivity index is 1.33. The van der Waals surface area contributed by atoms with Crippen LogP contribution >= 0.6 is 11.5 Å². The lowest BCUT2D eigenvalue weighted by Gasteiger charge is -2.56. The van der Waals surface area contributed by atoms with E-state index in [0.29, 0.717) is 23.4 Å². The fourth-order valence-electron chi connectivity index (χ4n) is 5.69. The van der Waals surface area contributed by atoms with Crippen LogP contribution in [0.5, 0.6) is 0 Å². The number of carbonyl (C=O) groups excluding carboxylic acids is 2. The van der Waals surface area contributed by atoms with E-state index in [4.69, 9.17) is 0 Å². The van der Waals surface area contributed by atoms with Gasteiger partial charge in [-0.1, -0.05) is 11.4 Å². The van der Waals surface area contributed by atoms with Crippen molar-refractivity contribution >= 4 is 23.3 Å². The van der Waals surface area contributed by atoms with E-state index >= 15 is 0 Å². The van der Waals surface area contributed by atoms with E-state index in [1.54, 1.807) is 0 Å². The lowest BCUT2D eigenvalue weighted by molar-refractivity contribution is -0.130. The highest BCUT2D eigenvalue weighted by molar-refractivity contribution is 7.08. The van der Waals surface area contributed by atoms with Gasteiger partial charge in [-0.3, -0.25) is 20.4 Å². The zero-order valence-electron chi connectivity index (χ0n) is 14.0. The van der Waals surface area contributed by atoms with Crippen molar-refractivity contribution in [3.05, 3.63) is 10.6 Å². The van der Waals surface area contributed by atoms with Crippen LogP contribution in [0.4, 0.5) is 0 Å². The van der Waals surface area contributed by atoms with Gasteiger partial charge in [0, 0.05) is 6.42 Å². The van der Waals surface area contributed by atoms with E-state index in [9.17, 15) is 9.59 Å². The average Bonchev–Trinajstić information content (AvgIpc) is 2.99. The zero-order valence-corrected chi connectivity index (χ0v) is 14.8. The summed E-state index contributed by atoms with van der Waals surface area (Å²) in [5, 5.41) is 3.92. The molecule has 4 fully saturated rings. The Morgan fingerprint density at radius 1 is 1.12 bits per heavy atom. The van der Waals surface area contributed by atoms with Crippen LogP contribution in [0.25, 0.3) is 0 Å². The number of nitrogens with zero attached hydrogens (tertiary/aromatic N) is 2. The predicted octanol–water partition coefficient (Wildman–Crippen LogP) is 2.47. The maximum Gasteiger partial charge on any atom is 0.283 e. The topological polar surface area (TPSA) is 84.0 Å². The van der Waals surface area contributed by atoms with Gasteiger partial charge in [-0.2, -0.15) is 0 Å². The first kappa shape index (κ1) is 16.0. The van der Waals surface area contributed by atoms with Crippen LogP contribution in [0.2, 0.25) is 0 Å². The lowest BCUT2D eigenvalue weighted by Crippen LogP contribution is -2.50. The maximum absolute atomic E-state index is 12.4. The number of nitrogens with one attached hydrogen (secondary N) is 2. The predicted molar refractivity (Wildman–Crippen MR) is 90.1 cm³/mol. The second-order valence-electron chi connectivity index (χ2n) is 8.00. The van der Waals surface area contributed by atoms with Gasteiger partial charge in [0.1, 0.15) is 4.88 Å². The monoisotopic (exact) mass is 348 g/mol. The Morgan fingerprint density at radius 2 is 1.75 bits per heavy atom. The van der Waals surface area contributed by atoms with Crippen LogP contribution in [-0.4, -0.2) is 21.4 Å². The molecule has 6 nitrogen and oxygen atoms in total. The number of aryl methyl sites for hydroxylation is 1. The molecule has 7 heteroatoms. The molecular formula is C17H24N4O2S. The van der Waals surface area contributed by atoms with Crippen LogP contribution in [-0.2, 0) is 11.2 Å². The SMILES string of the molecule is CCc1nnsc1C(=O)NNC(=O)CC12CC3CC(CC(C3)C1)C2. The third kappa shape index (κ3) is 2.94. The number of aromatic nitrogens is 2. The minimum atomic E-state index is -0.319. The molecule has 4 bridgehead atoms. The van der Waals surface area contributed by atoms with Crippen molar-refractivity contribution in [1.82, 2.24) is 20.4 Å². The summed E-state index contributed by atoms with van der Waals surface area (Å²) in [5.41, 5.74) is 6.00. The summed E-state index contributed by atoms with van der Waals surface area (Å²) < 4.78 is 3.81. The fraction of sp³-hybridized carbons (Fsp3) is 0.765. The van der Waals surface area contributed by atoms with Crippen LogP contribution < -0.4 is 10.9 Å². The Labute approximate surface area is 145 Å². The summed E-state index contributed by atoms with van der Waals surface area (Å²) in [4.78, 5) is 25.0. The first-order valence-electron chi connectivity index (χ1n) is 8.97. The standard InChI is InChI=1S/C17H24N4O2S/c1-2-13-15(24-21-18-13)16(23)20-19-14(22)9-17-6-10-3-11(7-17)5-12(4-10)8-17/h10-12H,2-9H2,1H3,(H,19,22)(H,20,23). The highest BCUT2D eigenvalue weighted by Gasteiger charge is 2.51. The zero-order chi connectivity index (χ0) is 16.7. The Hall–Kier alpha value is -1.50. The van der Waals surface area contributed by atoms with Gasteiger partial charge in [0.05, 0.1) is 5.69 Å². The molecule has 2 N–H and O–H groups in total. The number of rotatable bonds is 4. The van der Waals surface area contributed by atoms with Crippen LogP contribution in [0.1, 0.15) is 67.2 Å². The van der Waals surface area contributed by atoms with Gasteiger partial charge >= 0.3 is 0 Å². The molecule has 5 rings (SSSR count). The van der Waals surface area contributed by atoms with E-state index in [0.717, 1.165) is 29.3 Å². The number of hydrogen-bond acceptors (Lipinski definition) is 5. The van der Waals surface area contributed by atoms with Crippen molar-refractivity contribution in [1.29, 1.82) is 0 Å². The van der Waals surface area contributed by atoms with E-state index in [-0.39, 0.29) is 17.2 Å². The molecule has 0 radical (unpaired) electrons. The molecule has 2 amide bonds. The van der Waals surface area contributed by atoms with Crippen LogP contribution in [0, 0.1) is 23.2 Å². The molecular weight excluding hydrogens is 324 g/mol. The third-order valence-electron chi connectivity index (χ3n) is 6.11. The normalized spacial score (nSPS) is 33.5. The molecule has 1 aromatic rings. The molecule has 1 aromatic heterocycles. The Kier molecular flexibility index (Phi) is 4.06. The summed E-state index contributed by atoms with van der Waals surface area (Å²) in [6, 6.07) is 0. The summed E-state index contributed by atoms with van der Waals surface area (Å²) in [6.07, 6.45) is 8.89. The van der Waals surface area contributed by atoms with E-state index in [2.05, 4.69) is 20.4 Å². The van der Waals surface area contributed by atoms with Crippen molar-refractivity contribution in [2.75, 3.05) is 0 Å². The Bertz CT molecular complexity index is 621. The highest BCUT2D eigenvalue weighted by Crippen LogP contribution is 2.61. The molecule has 0 unspecified atom stereocenters. The van der Waals surface area contributed by atoms with Crippen molar-refractivity contribution in [3.8, 4) is 0 Å². The summed E-state index contributed by atoms with van der Waals surface area (Å²) in [6.45, 7) is 1.93. The van der Waals surface area contributed by atoms with Gasteiger partial charge in [0.15, 0.2) is 0 Å². The van der Waals surface area contributed by atoms with Gasteiger partial charge in [-0.05, 0) is 79.6 Å². The quantitative estimate of drug-likeness (QED) is 0.819. The maximum atomic E-state index is 12.4. The molecule has 4 saturated carbocycles. The molecule has 1 heterocycles. The summed E-state index contributed by atoms with van der Waals surface area (Å²) in [7, 11) is 0. The number of hydrogen-bond donors (Lipinski definition) is 2. The van der Waals surface area contributed by atoms with Crippen LogP contribution in [0.3, 0.4) is 0 Å². The fourth-order valence-corrected chi connectivity index (χ4v) is 6.33. The van der Waals surface area contributed by atoms with Gasteiger partial charge in [0.25, 0.3) is 5.91 Å². The van der Waals surface area contributed by atoms with Crippen molar-refractivity contribution in [3.63, 3.8) is 0 Å². The molecule has 130 valence electrons.